The van der Waals surface area contributed by atoms with E-state index in [1.54, 1.807) is 18.4 Å². The molecular weight excluding hydrogens is 256 g/mol. The van der Waals surface area contributed by atoms with E-state index in [4.69, 9.17) is 10.5 Å². The van der Waals surface area contributed by atoms with Gasteiger partial charge in [0.25, 0.3) is 0 Å². The lowest BCUT2D eigenvalue weighted by molar-refractivity contribution is 0.416. The second-order valence-electron chi connectivity index (χ2n) is 5.50. The van der Waals surface area contributed by atoms with Crippen LogP contribution in [0.3, 0.4) is 0 Å². The van der Waals surface area contributed by atoms with Gasteiger partial charge in [-0.15, -0.1) is 11.3 Å². The first kappa shape index (κ1) is 14.0. The molecule has 0 bridgehead atoms. The first-order valence-electron chi connectivity index (χ1n) is 6.27. The minimum Gasteiger partial charge on any atom is -0.496 e. The number of hydrogen-bond donors (Lipinski definition) is 1. The van der Waals surface area contributed by atoms with Crippen LogP contribution in [-0.2, 0) is 6.42 Å². The second-order valence-corrected chi connectivity index (χ2v) is 6.44. The zero-order valence-corrected chi connectivity index (χ0v) is 12.7. The lowest BCUT2D eigenvalue weighted by Crippen LogP contribution is -2.34. The highest BCUT2D eigenvalue weighted by molar-refractivity contribution is 7.10. The molecule has 2 rings (SSSR count). The van der Waals surface area contributed by atoms with Gasteiger partial charge >= 0.3 is 0 Å². The number of hydrogen-bond acceptors (Lipinski definition) is 4. The normalized spacial score (nSPS) is 11.6. The molecule has 2 N–H and O–H groups in total. The first-order valence-corrected chi connectivity index (χ1v) is 7.15. The summed E-state index contributed by atoms with van der Waals surface area (Å²) in [6.45, 7) is 6.10. The second kappa shape index (κ2) is 5.31. The van der Waals surface area contributed by atoms with Crippen LogP contribution in [0.15, 0.2) is 23.6 Å². The molecule has 0 atom stereocenters. The van der Waals surface area contributed by atoms with Crippen LogP contribution in [-0.4, -0.2) is 17.6 Å². The molecule has 0 aliphatic carbocycles. The van der Waals surface area contributed by atoms with Crippen molar-refractivity contribution in [3.63, 3.8) is 0 Å². The molecule has 0 radical (unpaired) electrons. The van der Waals surface area contributed by atoms with Crippen molar-refractivity contribution in [3.8, 4) is 17.0 Å². The Morgan fingerprint density at radius 1 is 1.37 bits per heavy atom. The molecule has 0 spiro atoms. The van der Waals surface area contributed by atoms with Gasteiger partial charge in [-0.1, -0.05) is 11.6 Å². The van der Waals surface area contributed by atoms with Crippen LogP contribution >= 0.6 is 11.3 Å². The van der Waals surface area contributed by atoms with Crippen LogP contribution in [0.1, 0.15) is 24.4 Å². The van der Waals surface area contributed by atoms with Crippen molar-refractivity contribution in [1.29, 1.82) is 0 Å². The SMILES string of the molecule is COc1ccc(C)cc1-c1csc(CC(C)(C)N)n1. The Kier molecular flexibility index (Phi) is 3.92. The predicted octanol–water partition coefficient (Wildman–Crippen LogP) is 3.41. The summed E-state index contributed by atoms with van der Waals surface area (Å²) >= 11 is 1.65. The van der Waals surface area contributed by atoms with Crippen molar-refractivity contribution in [1.82, 2.24) is 4.98 Å². The lowest BCUT2D eigenvalue weighted by atomic mass is 10.0. The van der Waals surface area contributed by atoms with Crippen LogP contribution in [0.25, 0.3) is 11.3 Å². The van der Waals surface area contributed by atoms with E-state index in [-0.39, 0.29) is 5.54 Å². The average Bonchev–Trinajstić information content (AvgIpc) is 2.75. The van der Waals surface area contributed by atoms with E-state index in [1.807, 2.05) is 26.0 Å². The van der Waals surface area contributed by atoms with E-state index in [2.05, 4.69) is 23.4 Å². The Morgan fingerprint density at radius 2 is 2.11 bits per heavy atom. The highest BCUT2D eigenvalue weighted by Crippen LogP contribution is 2.32. The van der Waals surface area contributed by atoms with Gasteiger partial charge in [0, 0.05) is 22.9 Å². The van der Waals surface area contributed by atoms with E-state index >= 15 is 0 Å². The third-order valence-corrected chi connectivity index (χ3v) is 3.64. The van der Waals surface area contributed by atoms with Gasteiger partial charge in [-0.25, -0.2) is 4.98 Å². The van der Waals surface area contributed by atoms with Gasteiger partial charge in [-0.3, -0.25) is 0 Å². The molecule has 1 heterocycles. The summed E-state index contributed by atoms with van der Waals surface area (Å²) in [4.78, 5) is 4.67. The third kappa shape index (κ3) is 3.55. The lowest BCUT2D eigenvalue weighted by Gasteiger charge is -2.15. The zero-order valence-electron chi connectivity index (χ0n) is 11.9. The van der Waals surface area contributed by atoms with E-state index in [1.165, 1.54) is 5.56 Å². The molecule has 3 nitrogen and oxygen atoms in total. The Hall–Kier alpha value is -1.39. The van der Waals surface area contributed by atoms with Crippen molar-refractivity contribution in [2.24, 2.45) is 5.73 Å². The number of ether oxygens (including phenoxy) is 1. The minimum atomic E-state index is -0.230. The number of methoxy groups -OCH3 is 1. The molecule has 1 aromatic heterocycles. The molecule has 0 aliphatic rings. The maximum atomic E-state index is 6.04. The Labute approximate surface area is 118 Å². The van der Waals surface area contributed by atoms with Crippen molar-refractivity contribution in [3.05, 3.63) is 34.2 Å². The number of nitrogens with zero attached hydrogens (tertiary/aromatic N) is 1. The molecule has 102 valence electrons. The summed E-state index contributed by atoms with van der Waals surface area (Å²) in [6.07, 6.45) is 0.784. The molecular formula is C15H20N2OS. The molecule has 19 heavy (non-hydrogen) atoms. The van der Waals surface area contributed by atoms with Crippen LogP contribution in [0, 0.1) is 6.92 Å². The summed E-state index contributed by atoms with van der Waals surface area (Å²) in [6, 6.07) is 6.13. The third-order valence-electron chi connectivity index (χ3n) is 2.79. The number of nitrogens with two attached hydrogens (primary N) is 1. The molecule has 0 saturated heterocycles. The summed E-state index contributed by atoms with van der Waals surface area (Å²) in [7, 11) is 1.68. The van der Waals surface area contributed by atoms with Gasteiger partial charge in [0.2, 0.25) is 0 Å². The van der Waals surface area contributed by atoms with E-state index in [0.717, 1.165) is 28.4 Å². The summed E-state index contributed by atoms with van der Waals surface area (Å²) in [5.41, 5.74) is 9.01. The Morgan fingerprint density at radius 3 is 2.74 bits per heavy atom. The van der Waals surface area contributed by atoms with Crippen LogP contribution in [0.5, 0.6) is 5.75 Å². The van der Waals surface area contributed by atoms with E-state index in [0.29, 0.717) is 0 Å². The summed E-state index contributed by atoms with van der Waals surface area (Å²) in [5, 5.41) is 3.13. The number of aryl methyl sites for hydroxylation is 1. The highest BCUT2D eigenvalue weighted by Gasteiger charge is 2.16. The van der Waals surface area contributed by atoms with Crippen LogP contribution < -0.4 is 10.5 Å². The smallest absolute Gasteiger partial charge is 0.128 e. The first-order chi connectivity index (χ1) is 8.89. The minimum absolute atomic E-state index is 0.230. The van der Waals surface area contributed by atoms with Gasteiger partial charge in [-0.05, 0) is 32.9 Å². The average molecular weight is 276 g/mol. The molecule has 2 aromatic rings. The number of thiazole rings is 1. The fraction of sp³-hybridized carbons (Fsp3) is 0.400. The number of aromatic nitrogens is 1. The number of benzene rings is 1. The molecule has 0 aliphatic heterocycles. The predicted molar refractivity (Wildman–Crippen MR) is 80.8 cm³/mol. The highest BCUT2D eigenvalue weighted by atomic mass is 32.1. The topological polar surface area (TPSA) is 48.1 Å². The van der Waals surface area contributed by atoms with Crippen LogP contribution in [0.4, 0.5) is 0 Å². The van der Waals surface area contributed by atoms with Crippen molar-refractivity contribution in [2.75, 3.05) is 7.11 Å². The van der Waals surface area contributed by atoms with Gasteiger partial charge in [-0.2, -0.15) is 0 Å². The van der Waals surface area contributed by atoms with Crippen LogP contribution in [0.2, 0.25) is 0 Å². The Balaban J connectivity index is 2.35. The fourth-order valence-electron chi connectivity index (χ4n) is 1.93. The van der Waals surface area contributed by atoms with Gasteiger partial charge < -0.3 is 10.5 Å². The largest absolute Gasteiger partial charge is 0.496 e. The number of rotatable bonds is 4. The van der Waals surface area contributed by atoms with Gasteiger partial charge in [0.15, 0.2) is 0 Å². The van der Waals surface area contributed by atoms with Crippen molar-refractivity contribution in [2.45, 2.75) is 32.7 Å². The van der Waals surface area contributed by atoms with Gasteiger partial charge in [0.1, 0.15) is 5.75 Å². The Bertz CT molecular complexity index is 570. The van der Waals surface area contributed by atoms with Crippen molar-refractivity contribution >= 4 is 11.3 Å². The molecule has 0 unspecified atom stereocenters. The standard InChI is InChI=1S/C15H20N2OS/c1-10-5-6-13(18-4)11(7-10)12-9-19-14(17-12)8-15(2,3)16/h5-7,9H,8,16H2,1-4H3. The molecule has 4 heteroatoms. The van der Waals surface area contributed by atoms with Crippen molar-refractivity contribution < 1.29 is 4.74 Å². The molecule has 1 aromatic carbocycles. The van der Waals surface area contributed by atoms with E-state index in [9.17, 15) is 0 Å². The molecule has 0 saturated carbocycles. The van der Waals surface area contributed by atoms with E-state index < -0.39 is 0 Å². The summed E-state index contributed by atoms with van der Waals surface area (Å²) < 4.78 is 5.40. The monoisotopic (exact) mass is 276 g/mol. The quantitative estimate of drug-likeness (QED) is 0.931. The molecule has 0 fully saturated rings. The maximum absolute atomic E-state index is 6.04. The van der Waals surface area contributed by atoms with Gasteiger partial charge in [0.05, 0.1) is 17.8 Å². The fourth-order valence-corrected chi connectivity index (χ4v) is 2.96. The zero-order chi connectivity index (χ0) is 14.0. The maximum Gasteiger partial charge on any atom is 0.128 e. The summed E-state index contributed by atoms with van der Waals surface area (Å²) in [5.74, 6) is 0.856. The molecule has 0 amide bonds.